The summed E-state index contributed by atoms with van der Waals surface area (Å²) in [6, 6.07) is 18.7. The molecule has 20 heavy (non-hydrogen) atoms. The lowest BCUT2D eigenvalue weighted by molar-refractivity contribution is 0.0707. The summed E-state index contributed by atoms with van der Waals surface area (Å²) in [6.07, 6.45) is 0. The molecule has 1 amide bonds. The first-order valence-corrected chi connectivity index (χ1v) is 6.19. The van der Waals surface area contributed by atoms with Gasteiger partial charge >= 0.3 is 0 Å². The normalized spacial score (nSPS) is 10.4. The van der Waals surface area contributed by atoms with Crippen molar-refractivity contribution in [3.63, 3.8) is 0 Å². The fraction of sp³-hybridized carbons (Fsp3) is 0. The summed E-state index contributed by atoms with van der Waals surface area (Å²) >= 11 is 0. The molecule has 0 aliphatic rings. The summed E-state index contributed by atoms with van der Waals surface area (Å²) in [5, 5.41) is 9.85. The number of hydrogen-bond acceptors (Lipinski definition) is 3. The second kappa shape index (κ2) is 5.11. The molecule has 98 valence electrons. The molecule has 0 aliphatic heterocycles. The highest BCUT2D eigenvalue weighted by molar-refractivity contribution is 6.00. The predicted molar refractivity (Wildman–Crippen MR) is 76.4 cm³/mol. The van der Waals surface area contributed by atoms with Gasteiger partial charge in [-0.15, -0.1) is 0 Å². The molecule has 0 unspecified atom stereocenters. The third-order valence-corrected chi connectivity index (χ3v) is 3.15. The van der Waals surface area contributed by atoms with Gasteiger partial charge in [0.1, 0.15) is 0 Å². The zero-order chi connectivity index (χ0) is 13.9. The number of hydroxylamine groups is 1. The van der Waals surface area contributed by atoms with E-state index in [1.165, 1.54) is 0 Å². The quantitative estimate of drug-likeness (QED) is 0.552. The SMILES string of the molecule is O=C(NO)c1ccccc1-c1ccc2ccccc2n1. The molecule has 4 nitrogen and oxygen atoms in total. The van der Waals surface area contributed by atoms with Crippen molar-refractivity contribution < 1.29 is 10.0 Å². The Kier molecular flexibility index (Phi) is 3.15. The third kappa shape index (κ3) is 2.13. The molecule has 0 radical (unpaired) electrons. The van der Waals surface area contributed by atoms with E-state index in [4.69, 9.17) is 5.21 Å². The van der Waals surface area contributed by atoms with Crippen molar-refractivity contribution in [1.82, 2.24) is 10.5 Å². The van der Waals surface area contributed by atoms with Crippen LogP contribution < -0.4 is 5.48 Å². The summed E-state index contributed by atoms with van der Waals surface area (Å²) in [5.74, 6) is -0.546. The minimum Gasteiger partial charge on any atom is -0.288 e. The molecule has 0 saturated carbocycles. The smallest absolute Gasteiger partial charge is 0.275 e. The van der Waals surface area contributed by atoms with E-state index >= 15 is 0 Å². The molecule has 0 aliphatic carbocycles. The maximum Gasteiger partial charge on any atom is 0.275 e. The van der Waals surface area contributed by atoms with Crippen LogP contribution in [0.2, 0.25) is 0 Å². The van der Waals surface area contributed by atoms with Crippen molar-refractivity contribution in [1.29, 1.82) is 0 Å². The van der Waals surface area contributed by atoms with Gasteiger partial charge in [0.05, 0.1) is 16.8 Å². The first-order valence-electron chi connectivity index (χ1n) is 6.19. The van der Waals surface area contributed by atoms with Gasteiger partial charge in [-0.05, 0) is 18.2 Å². The molecular formula is C16H12N2O2. The molecule has 1 heterocycles. The van der Waals surface area contributed by atoms with E-state index in [1.54, 1.807) is 17.6 Å². The van der Waals surface area contributed by atoms with E-state index in [2.05, 4.69) is 4.98 Å². The molecule has 3 rings (SSSR count). The minimum atomic E-state index is -0.546. The van der Waals surface area contributed by atoms with Gasteiger partial charge in [-0.1, -0.05) is 42.5 Å². The fourth-order valence-electron chi connectivity index (χ4n) is 2.18. The van der Waals surface area contributed by atoms with Crippen LogP contribution in [0, 0.1) is 0 Å². The Morgan fingerprint density at radius 3 is 2.55 bits per heavy atom. The summed E-state index contributed by atoms with van der Waals surface area (Å²) < 4.78 is 0. The Morgan fingerprint density at radius 1 is 0.950 bits per heavy atom. The van der Waals surface area contributed by atoms with E-state index < -0.39 is 5.91 Å². The first kappa shape index (κ1) is 12.3. The summed E-state index contributed by atoms with van der Waals surface area (Å²) in [7, 11) is 0. The molecule has 0 spiro atoms. The zero-order valence-corrected chi connectivity index (χ0v) is 10.6. The summed E-state index contributed by atoms with van der Waals surface area (Å²) in [5.41, 5.74) is 4.30. The highest BCUT2D eigenvalue weighted by Crippen LogP contribution is 2.24. The number of rotatable bonds is 2. The molecule has 0 atom stereocenters. The van der Waals surface area contributed by atoms with Gasteiger partial charge < -0.3 is 0 Å². The van der Waals surface area contributed by atoms with E-state index in [1.807, 2.05) is 48.5 Å². The van der Waals surface area contributed by atoms with Gasteiger partial charge in [-0.25, -0.2) is 10.5 Å². The molecule has 2 aromatic carbocycles. The van der Waals surface area contributed by atoms with E-state index in [0.717, 1.165) is 10.9 Å². The number of hydrogen-bond donors (Lipinski definition) is 2. The van der Waals surface area contributed by atoms with Crippen molar-refractivity contribution in [2.75, 3.05) is 0 Å². The van der Waals surface area contributed by atoms with Gasteiger partial charge in [-0.2, -0.15) is 0 Å². The van der Waals surface area contributed by atoms with Crippen LogP contribution in [-0.4, -0.2) is 16.1 Å². The molecule has 2 N–H and O–H groups in total. The second-order valence-electron chi connectivity index (χ2n) is 4.38. The highest BCUT2D eigenvalue weighted by atomic mass is 16.5. The van der Waals surface area contributed by atoms with Crippen molar-refractivity contribution in [3.8, 4) is 11.3 Å². The van der Waals surface area contributed by atoms with Crippen LogP contribution in [0.5, 0.6) is 0 Å². The van der Waals surface area contributed by atoms with E-state index in [-0.39, 0.29) is 0 Å². The standard InChI is InChI=1S/C16H12N2O2/c19-16(18-20)13-7-3-2-6-12(13)15-10-9-11-5-1-4-8-14(11)17-15/h1-10,20H,(H,18,19). The molecule has 0 saturated heterocycles. The van der Waals surface area contributed by atoms with Crippen molar-refractivity contribution in [2.24, 2.45) is 0 Å². The number of amides is 1. The maximum atomic E-state index is 11.7. The van der Waals surface area contributed by atoms with Crippen LogP contribution in [0.1, 0.15) is 10.4 Å². The van der Waals surface area contributed by atoms with Crippen LogP contribution >= 0.6 is 0 Å². The number of para-hydroxylation sites is 1. The Morgan fingerprint density at radius 2 is 1.70 bits per heavy atom. The monoisotopic (exact) mass is 264 g/mol. The Hall–Kier alpha value is -2.72. The average molecular weight is 264 g/mol. The Bertz CT molecular complexity index is 784. The van der Waals surface area contributed by atoms with Crippen LogP contribution in [-0.2, 0) is 0 Å². The minimum absolute atomic E-state index is 0.387. The van der Waals surface area contributed by atoms with Crippen LogP contribution in [0.4, 0.5) is 0 Å². The zero-order valence-electron chi connectivity index (χ0n) is 10.6. The fourth-order valence-corrected chi connectivity index (χ4v) is 2.18. The number of carbonyl (C=O) groups excluding carboxylic acids is 1. The van der Waals surface area contributed by atoms with Gasteiger partial charge in [0, 0.05) is 10.9 Å². The number of carbonyl (C=O) groups is 1. The van der Waals surface area contributed by atoms with Crippen LogP contribution in [0.15, 0.2) is 60.7 Å². The van der Waals surface area contributed by atoms with Crippen molar-refractivity contribution >= 4 is 16.8 Å². The van der Waals surface area contributed by atoms with Crippen molar-refractivity contribution in [2.45, 2.75) is 0 Å². The van der Waals surface area contributed by atoms with E-state index in [9.17, 15) is 4.79 Å². The van der Waals surface area contributed by atoms with Crippen molar-refractivity contribution in [3.05, 3.63) is 66.2 Å². The summed E-state index contributed by atoms with van der Waals surface area (Å²) in [6.45, 7) is 0. The maximum absolute atomic E-state index is 11.7. The van der Waals surface area contributed by atoms with Crippen LogP contribution in [0.3, 0.4) is 0 Å². The third-order valence-electron chi connectivity index (χ3n) is 3.15. The predicted octanol–water partition coefficient (Wildman–Crippen LogP) is 3.02. The lowest BCUT2D eigenvalue weighted by atomic mass is 10.0. The molecule has 1 aromatic heterocycles. The second-order valence-corrected chi connectivity index (χ2v) is 4.38. The number of aromatic nitrogens is 1. The van der Waals surface area contributed by atoms with Gasteiger partial charge in [0.15, 0.2) is 0 Å². The molecule has 0 fully saturated rings. The van der Waals surface area contributed by atoms with E-state index in [0.29, 0.717) is 16.8 Å². The average Bonchev–Trinajstić information content (AvgIpc) is 2.53. The largest absolute Gasteiger partial charge is 0.288 e. The summed E-state index contributed by atoms with van der Waals surface area (Å²) in [4.78, 5) is 16.2. The highest BCUT2D eigenvalue weighted by Gasteiger charge is 2.12. The molecular weight excluding hydrogens is 252 g/mol. The number of pyridine rings is 1. The number of nitrogens with zero attached hydrogens (tertiary/aromatic N) is 1. The molecule has 0 bridgehead atoms. The number of nitrogens with one attached hydrogen (secondary N) is 1. The van der Waals surface area contributed by atoms with Gasteiger partial charge in [0.2, 0.25) is 0 Å². The Labute approximate surface area is 115 Å². The lowest BCUT2D eigenvalue weighted by Crippen LogP contribution is -2.19. The van der Waals surface area contributed by atoms with Gasteiger partial charge in [-0.3, -0.25) is 10.0 Å². The molecule has 4 heteroatoms. The molecule has 3 aromatic rings. The number of fused-ring (bicyclic) bond motifs is 1. The van der Waals surface area contributed by atoms with Gasteiger partial charge in [0.25, 0.3) is 5.91 Å². The van der Waals surface area contributed by atoms with Crippen LogP contribution in [0.25, 0.3) is 22.2 Å². The Balaban J connectivity index is 2.18. The first-order chi connectivity index (χ1) is 9.79. The number of benzene rings is 2. The lowest BCUT2D eigenvalue weighted by Gasteiger charge is -2.08. The topological polar surface area (TPSA) is 62.2 Å².